The van der Waals surface area contributed by atoms with Gasteiger partial charge in [0.05, 0.1) is 6.61 Å². The molecule has 128 valence electrons. The zero-order chi connectivity index (χ0) is 17.8. The Morgan fingerprint density at radius 1 is 1.08 bits per heavy atom. The first-order chi connectivity index (χ1) is 12.1. The summed E-state index contributed by atoms with van der Waals surface area (Å²) in [6.45, 7) is 4.02. The Hall–Kier alpha value is -2.58. The number of aromatic nitrogens is 2. The van der Waals surface area contributed by atoms with E-state index in [1.807, 2.05) is 31.2 Å². The second kappa shape index (κ2) is 7.54. The van der Waals surface area contributed by atoms with E-state index in [1.165, 1.54) is 16.9 Å². The molecule has 0 radical (unpaired) electrons. The van der Waals surface area contributed by atoms with Gasteiger partial charge in [-0.2, -0.15) is 0 Å². The Kier molecular flexibility index (Phi) is 5.20. The Morgan fingerprint density at radius 2 is 1.80 bits per heavy atom. The number of amides is 1. The van der Waals surface area contributed by atoms with Crippen LogP contribution in [0.4, 0.5) is 5.13 Å². The number of ether oxygens (including phenoxy) is 1. The molecule has 0 aliphatic heterocycles. The maximum Gasteiger partial charge on any atom is 0.357 e. The Bertz CT molecular complexity index is 900. The van der Waals surface area contributed by atoms with Crippen molar-refractivity contribution in [3.8, 4) is 10.6 Å². The SMILES string of the molecule is CCOC(=O)c1csc(NC(=O)c2csc(-c3ccc(C)cc3)n2)n1. The summed E-state index contributed by atoms with van der Waals surface area (Å²) in [5.41, 5.74) is 2.63. The number of thiazole rings is 2. The Balaban J connectivity index is 1.70. The number of nitrogens with zero attached hydrogens (tertiary/aromatic N) is 2. The van der Waals surface area contributed by atoms with Crippen LogP contribution < -0.4 is 5.32 Å². The zero-order valence-electron chi connectivity index (χ0n) is 13.6. The number of carbonyl (C=O) groups is 2. The molecule has 0 aliphatic rings. The third-order valence-electron chi connectivity index (χ3n) is 3.24. The van der Waals surface area contributed by atoms with E-state index < -0.39 is 5.97 Å². The lowest BCUT2D eigenvalue weighted by Gasteiger charge is -1.99. The molecule has 0 aliphatic carbocycles. The molecule has 0 spiro atoms. The fourth-order valence-corrected chi connectivity index (χ4v) is 3.48. The van der Waals surface area contributed by atoms with Crippen molar-refractivity contribution in [3.05, 3.63) is 52.0 Å². The van der Waals surface area contributed by atoms with E-state index in [-0.39, 0.29) is 18.2 Å². The molecule has 0 saturated heterocycles. The quantitative estimate of drug-likeness (QED) is 0.684. The van der Waals surface area contributed by atoms with Crippen molar-refractivity contribution < 1.29 is 14.3 Å². The number of anilines is 1. The minimum Gasteiger partial charge on any atom is -0.461 e. The molecule has 0 unspecified atom stereocenters. The highest BCUT2D eigenvalue weighted by Crippen LogP contribution is 2.25. The molecule has 1 amide bonds. The van der Waals surface area contributed by atoms with Gasteiger partial charge in [0.25, 0.3) is 5.91 Å². The van der Waals surface area contributed by atoms with Crippen molar-refractivity contribution in [1.29, 1.82) is 0 Å². The van der Waals surface area contributed by atoms with Gasteiger partial charge < -0.3 is 4.74 Å². The highest BCUT2D eigenvalue weighted by molar-refractivity contribution is 7.14. The van der Waals surface area contributed by atoms with Crippen LogP contribution in [0.1, 0.15) is 33.5 Å². The first kappa shape index (κ1) is 17.2. The normalized spacial score (nSPS) is 10.5. The first-order valence-corrected chi connectivity index (χ1v) is 9.29. The molecule has 3 rings (SSSR count). The van der Waals surface area contributed by atoms with Gasteiger partial charge in [0.2, 0.25) is 0 Å². The molecule has 1 N–H and O–H groups in total. The number of esters is 1. The molecule has 8 heteroatoms. The standard InChI is InChI=1S/C17H15N3O3S2/c1-3-23-16(22)13-9-25-17(19-13)20-14(21)12-8-24-15(18-12)11-6-4-10(2)5-7-11/h4-9H,3H2,1-2H3,(H,19,20,21). The van der Waals surface area contributed by atoms with Gasteiger partial charge in [0, 0.05) is 16.3 Å². The lowest BCUT2D eigenvalue weighted by molar-refractivity contribution is 0.0520. The minimum atomic E-state index is -0.505. The van der Waals surface area contributed by atoms with E-state index in [1.54, 1.807) is 17.7 Å². The largest absolute Gasteiger partial charge is 0.461 e. The van der Waals surface area contributed by atoms with E-state index in [4.69, 9.17) is 4.74 Å². The summed E-state index contributed by atoms with van der Waals surface area (Å²) in [4.78, 5) is 32.3. The molecular formula is C17H15N3O3S2. The highest BCUT2D eigenvalue weighted by Gasteiger charge is 2.16. The van der Waals surface area contributed by atoms with Crippen molar-refractivity contribution in [2.75, 3.05) is 11.9 Å². The smallest absolute Gasteiger partial charge is 0.357 e. The van der Waals surface area contributed by atoms with Crippen LogP contribution in [0.15, 0.2) is 35.0 Å². The summed E-state index contributed by atoms with van der Waals surface area (Å²) in [6, 6.07) is 7.95. The lowest BCUT2D eigenvalue weighted by Crippen LogP contribution is -2.12. The van der Waals surface area contributed by atoms with Crippen molar-refractivity contribution in [3.63, 3.8) is 0 Å². The maximum absolute atomic E-state index is 12.3. The lowest BCUT2D eigenvalue weighted by atomic mass is 10.2. The van der Waals surface area contributed by atoms with E-state index in [9.17, 15) is 9.59 Å². The monoisotopic (exact) mass is 373 g/mol. The number of rotatable bonds is 5. The van der Waals surface area contributed by atoms with Crippen LogP contribution in [0, 0.1) is 6.92 Å². The molecule has 0 saturated carbocycles. The molecule has 0 bridgehead atoms. The second-order valence-corrected chi connectivity index (χ2v) is 6.83. The average Bonchev–Trinajstić information content (AvgIpc) is 3.25. The fraction of sp³-hybridized carbons (Fsp3) is 0.176. The predicted octanol–water partition coefficient (Wildman–Crippen LogP) is 4.00. The van der Waals surface area contributed by atoms with Crippen molar-refractivity contribution in [1.82, 2.24) is 9.97 Å². The van der Waals surface area contributed by atoms with Crippen LogP contribution in [0.5, 0.6) is 0 Å². The molecule has 0 fully saturated rings. The van der Waals surface area contributed by atoms with E-state index in [2.05, 4.69) is 15.3 Å². The van der Waals surface area contributed by atoms with Crippen LogP contribution in [0.25, 0.3) is 10.6 Å². The Labute approximate surface area is 152 Å². The van der Waals surface area contributed by atoms with Crippen LogP contribution in [-0.4, -0.2) is 28.5 Å². The predicted molar refractivity (Wildman–Crippen MR) is 98.3 cm³/mol. The van der Waals surface area contributed by atoms with E-state index in [0.717, 1.165) is 21.9 Å². The topological polar surface area (TPSA) is 81.2 Å². The first-order valence-electron chi connectivity index (χ1n) is 7.53. The van der Waals surface area contributed by atoms with Crippen LogP contribution in [0.2, 0.25) is 0 Å². The third kappa shape index (κ3) is 4.09. The molecular weight excluding hydrogens is 358 g/mol. The molecule has 6 nitrogen and oxygen atoms in total. The zero-order valence-corrected chi connectivity index (χ0v) is 15.2. The molecule has 1 aromatic carbocycles. The van der Waals surface area contributed by atoms with Crippen molar-refractivity contribution in [2.45, 2.75) is 13.8 Å². The third-order valence-corrected chi connectivity index (χ3v) is 4.89. The molecule has 3 aromatic rings. The number of carbonyl (C=O) groups excluding carboxylic acids is 2. The summed E-state index contributed by atoms with van der Waals surface area (Å²) < 4.78 is 4.87. The molecule has 25 heavy (non-hydrogen) atoms. The summed E-state index contributed by atoms with van der Waals surface area (Å²) in [5.74, 6) is -0.867. The van der Waals surface area contributed by atoms with Crippen molar-refractivity contribution in [2.24, 2.45) is 0 Å². The van der Waals surface area contributed by atoms with Gasteiger partial charge in [-0.25, -0.2) is 14.8 Å². The summed E-state index contributed by atoms with van der Waals surface area (Å²) >= 11 is 2.56. The van der Waals surface area contributed by atoms with Gasteiger partial charge in [-0.05, 0) is 13.8 Å². The van der Waals surface area contributed by atoms with Crippen molar-refractivity contribution >= 4 is 39.7 Å². The summed E-state index contributed by atoms with van der Waals surface area (Å²) in [7, 11) is 0. The molecule has 0 atom stereocenters. The number of nitrogens with one attached hydrogen (secondary N) is 1. The molecule has 2 aromatic heterocycles. The maximum atomic E-state index is 12.3. The number of aryl methyl sites for hydroxylation is 1. The van der Waals surface area contributed by atoms with Crippen LogP contribution >= 0.6 is 22.7 Å². The van der Waals surface area contributed by atoms with Gasteiger partial charge in [0.1, 0.15) is 10.7 Å². The van der Waals surface area contributed by atoms with Gasteiger partial charge in [-0.3, -0.25) is 10.1 Å². The van der Waals surface area contributed by atoms with Gasteiger partial charge in [-0.15, -0.1) is 22.7 Å². The summed E-state index contributed by atoms with van der Waals surface area (Å²) in [6.07, 6.45) is 0. The number of benzene rings is 1. The average molecular weight is 373 g/mol. The van der Waals surface area contributed by atoms with E-state index >= 15 is 0 Å². The highest BCUT2D eigenvalue weighted by atomic mass is 32.1. The Morgan fingerprint density at radius 3 is 2.52 bits per heavy atom. The molecule has 2 heterocycles. The van der Waals surface area contributed by atoms with Crippen LogP contribution in [-0.2, 0) is 4.74 Å². The second-order valence-electron chi connectivity index (χ2n) is 5.12. The van der Waals surface area contributed by atoms with Gasteiger partial charge in [-0.1, -0.05) is 29.8 Å². The summed E-state index contributed by atoms with van der Waals surface area (Å²) in [5, 5.41) is 7.01. The van der Waals surface area contributed by atoms with Gasteiger partial charge in [0.15, 0.2) is 10.8 Å². The number of hydrogen-bond acceptors (Lipinski definition) is 7. The minimum absolute atomic E-state index is 0.181. The fourth-order valence-electron chi connectivity index (χ4n) is 2.00. The number of hydrogen-bond donors (Lipinski definition) is 1. The van der Waals surface area contributed by atoms with E-state index in [0.29, 0.717) is 10.8 Å². The van der Waals surface area contributed by atoms with Gasteiger partial charge >= 0.3 is 5.97 Å². The van der Waals surface area contributed by atoms with Crippen LogP contribution in [0.3, 0.4) is 0 Å².